The molecule has 1 heterocycles. The lowest BCUT2D eigenvalue weighted by molar-refractivity contribution is 0.156. The molecule has 1 fully saturated rings. The van der Waals surface area contributed by atoms with Crippen LogP contribution in [0, 0.1) is 5.82 Å². The van der Waals surface area contributed by atoms with Crippen LogP contribution in [-0.2, 0) is 6.42 Å². The van der Waals surface area contributed by atoms with Crippen molar-refractivity contribution in [3.63, 3.8) is 0 Å². The largest absolute Gasteiger partial charge is 0.309 e. The van der Waals surface area contributed by atoms with Gasteiger partial charge in [-0.05, 0) is 31.9 Å². The Bertz CT molecular complexity index is 376. The minimum absolute atomic E-state index is 0.0816. The van der Waals surface area contributed by atoms with Crippen LogP contribution in [0.4, 0.5) is 4.39 Å². The lowest BCUT2D eigenvalue weighted by Gasteiger charge is -2.39. The van der Waals surface area contributed by atoms with E-state index in [1.54, 1.807) is 6.07 Å². The van der Waals surface area contributed by atoms with E-state index in [2.05, 4.69) is 24.1 Å². The minimum atomic E-state index is -0.0816. The molecule has 0 saturated carbocycles. The number of halogens is 1. The van der Waals surface area contributed by atoms with Gasteiger partial charge in [-0.25, -0.2) is 4.39 Å². The van der Waals surface area contributed by atoms with Crippen LogP contribution in [0.2, 0.25) is 0 Å². The molecule has 0 spiro atoms. The Morgan fingerprint density at radius 1 is 1.35 bits per heavy atom. The maximum atomic E-state index is 13.5. The van der Waals surface area contributed by atoms with Gasteiger partial charge in [0, 0.05) is 31.7 Å². The summed E-state index contributed by atoms with van der Waals surface area (Å²) in [5.74, 6) is -0.0816. The van der Waals surface area contributed by atoms with Gasteiger partial charge in [-0.2, -0.15) is 0 Å². The fourth-order valence-corrected chi connectivity index (χ4v) is 2.42. The quantitative estimate of drug-likeness (QED) is 0.864. The van der Waals surface area contributed by atoms with E-state index < -0.39 is 0 Å². The zero-order valence-corrected chi connectivity index (χ0v) is 10.7. The van der Waals surface area contributed by atoms with Crippen molar-refractivity contribution in [1.82, 2.24) is 10.2 Å². The molecule has 2 nitrogen and oxygen atoms in total. The maximum Gasteiger partial charge on any atom is 0.126 e. The second kappa shape index (κ2) is 5.15. The topological polar surface area (TPSA) is 15.3 Å². The van der Waals surface area contributed by atoms with Crippen LogP contribution in [-0.4, -0.2) is 36.6 Å². The highest BCUT2D eigenvalue weighted by molar-refractivity contribution is 5.17. The molecule has 3 heteroatoms. The van der Waals surface area contributed by atoms with E-state index in [0.717, 1.165) is 38.2 Å². The maximum absolute atomic E-state index is 13.5. The third-order valence-electron chi connectivity index (χ3n) is 3.31. The molecule has 0 aliphatic carbocycles. The summed E-state index contributed by atoms with van der Waals surface area (Å²) in [6.45, 7) is 8.46. The number of benzene rings is 1. The molecular formula is C14H21FN2. The van der Waals surface area contributed by atoms with Gasteiger partial charge in [0.05, 0.1) is 0 Å². The van der Waals surface area contributed by atoms with E-state index in [9.17, 15) is 4.39 Å². The first-order chi connectivity index (χ1) is 8.07. The molecule has 1 aliphatic heterocycles. The molecule has 0 unspecified atom stereocenters. The van der Waals surface area contributed by atoms with Gasteiger partial charge in [0.2, 0.25) is 0 Å². The molecule has 1 N–H and O–H groups in total. The van der Waals surface area contributed by atoms with Crippen LogP contribution in [0.15, 0.2) is 24.3 Å². The van der Waals surface area contributed by atoms with Gasteiger partial charge in [0.25, 0.3) is 0 Å². The summed E-state index contributed by atoms with van der Waals surface area (Å²) in [5, 5.41) is 3.48. The van der Waals surface area contributed by atoms with Gasteiger partial charge < -0.3 is 5.32 Å². The summed E-state index contributed by atoms with van der Waals surface area (Å²) in [4.78, 5) is 2.41. The molecule has 1 aromatic carbocycles. The minimum Gasteiger partial charge on any atom is -0.309 e. The number of nitrogens with one attached hydrogen (secondary N) is 1. The molecular weight excluding hydrogens is 215 g/mol. The summed E-state index contributed by atoms with van der Waals surface area (Å²) in [6, 6.07) is 7.06. The molecule has 94 valence electrons. The zero-order chi connectivity index (χ0) is 12.3. The van der Waals surface area contributed by atoms with E-state index in [0.29, 0.717) is 0 Å². The number of piperazine rings is 1. The lowest BCUT2D eigenvalue weighted by atomic mass is 10.0. The Morgan fingerprint density at radius 2 is 2.12 bits per heavy atom. The molecule has 1 saturated heterocycles. The normalized spacial score (nSPS) is 20.4. The molecule has 1 aliphatic rings. The fourth-order valence-electron chi connectivity index (χ4n) is 2.42. The van der Waals surface area contributed by atoms with E-state index in [4.69, 9.17) is 0 Å². The van der Waals surface area contributed by atoms with Crippen molar-refractivity contribution < 1.29 is 4.39 Å². The standard InChI is InChI=1S/C14H21FN2/c1-14(2)11-17(10-8-16-14)9-7-12-5-3-4-6-13(12)15/h3-6,16H,7-11H2,1-2H3. The predicted molar refractivity (Wildman–Crippen MR) is 68.6 cm³/mol. The molecule has 0 aromatic heterocycles. The highest BCUT2D eigenvalue weighted by atomic mass is 19.1. The van der Waals surface area contributed by atoms with Gasteiger partial charge in [-0.1, -0.05) is 18.2 Å². The van der Waals surface area contributed by atoms with Crippen LogP contribution >= 0.6 is 0 Å². The van der Waals surface area contributed by atoms with Crippen LogP contribution in [0.3, 0.4) is 0 Å². The summed E-state index contributed by atoms with van der Waals surface area (Å²) in [7, 11) is 0. The fraction of sp³-hybridized carbons (Fsp3) is 0.571. The smallest absolute Gasteiger partial charge is 0.126 e. The average molecular weight is 236 g/mol. The molecule has 0 radical (unpaired) electrons. The first kappa shape index (κ1) is 12.5. The Kier molecular flexibility index (Phi) is 3.79. The van der Waals surface area contributed by atoms with Gasteiger partial charge in [0.15, 0.2) is 0 Å². The monoisotopic (exact) mass is 236 g/mol. The van der Waals surface area contributed by atoms with Gasteiger partial charge in [0.1, 0.15) is 5.82 Å². The first-order valence-electron chi connectivity index (χ1n) is 6.28. The van der Waals surface area contributed by atoms with E-state index in [1.807, 2.05) is 12.1 Å². The predicted octanol–water partition coefficient (Wildman–Crippen LogP) is 2.05. The number of nitrogens with zero attached hydrogens (tertiary/aromatic N) is 1. The molecule has 0 amide bonds. The summed E-state index contributed by atoms with van der Waals surface area (Å²) < 4.78 is 13.5. The third kappa shape index (κ3) is 3.51. The van der Waals surface area contributed by atoms with Crippen LogP contribution < -0.4 is 5.32 Å². The Morgan fingerprint density at radius 3 is 2.82 bits per heavy atom. The number of hydrogen-bond acceptors (Lipinski definition) is 2. The van der Waals surface area contributed by atoms with Crippen molar-refractivity contribution in [2.24, 2.45) is 0 Å². The zero-order valence-electron chi connectivity index (χ0n) is 10.7. The molecule has 0 bridgehead atoms. The highest BCUT2D eigenvalue weighted by Crippen LogP contribution is 2.12. The van der Waals surface area contributed by atoms with Crippen molar-refractivity contribution in [2.75, 3.05) is 26.2 Å². The number of rotatable bonds is 3. The molecule has 2 rings (SSSR count). The van der Waals surface area contributed by atoms with Gasteiger partial charge in [-0.15, -0.1) is 0 Å². The highest BCUT2D eigenvalue weighted by Gasteiger charge is 2.25. The Labute approximate surface area is 103 Å². The first-order valence-corrected chi connectivity index (χ1v) is 6.28. The Hall–Kier alpha value is -0.930. The molecule has 0 atom stereocenters. The third-order valence-corrected chi connectivity index (χ3v) is 3.31. The van der Waals surface area contributed by atoms with Crippen molar-refractivity contribution in [3.05, 3.63) is 35.6 Å². The van der Waals surface area contributed by atoms with Crippen LogP contribution in [0.25, 0.3) is 0 Å². The van der Waals surface area contributed by atoms with Crippen molar-refractivity contribution in [3.8, 4) is 0 Å². The number of hydrogen-bond donors (Lipinski definition) is 1. The lowest BCUT2D eigenvalue weighted by Crippen LogP contribution is -2.57. The van der Waals surface area contributed by atoms with Crippen molar-refractivity contribution in [2.45, 2.75) is 25.8 Å². The summed E-state index contributed by atoms with van der Waals surface area (Å²) in [6.07, 6.45) is 0.794. The van der Waals surface area contributed by atoms with Gasteiger partial charge >= 0.3 is 0 Å². The van der Waals surface area contributed by atoms with Gasteiger partial charge in [-0.3, -0.25) is 4.90 Å². The van der Waals surface area contributed by atoms with E-state index in [1.165, 1.54) is 6.07 Å². The summed E-state index contributed by atoms with van der Waals surface area (Å²) >= 11 is 0. The summed E-state index contributed by atoms with van der Waals surface area (Å²) in [5.41, 5.74) is 0.997. The van der Waals surface area contributed by atoms with Crippen molar-refractivity contribution >= 4 is 0 Å². The Balaban J connectivity index is 1.88. The van der Waals surface area contributed by atoms with Crippen LogP contribution in [0.1, 0.15) is 19.4 Å². The van der Waals surface area contributed by atoms with E-state index in [-0.39, 0.29) is 11.4 Å². The molecule has 17 heavy (non-hydrogen) atoms. The average Bonchev–Trinajstić information content (AvgIpc) is 2.27. The molecule has 1 aromatic rings. The SMILES string of the molecule is CC1(C)CN(CCc2ccccc2F)CCN1. The van der Waals surface area contributed by atoms with Crippen molar-refractivity contribution in [1.29, 1.82) is 0 Å². The second-order valence-corrected chi connectivity index (χ2v) is 5.43. The second-order valence-electron chi connectivity index (χ2n) is 5.43. The van der Waals surface area contributed by atoms with Crippen LogP contribution in [0.5, 0.6) is 0 Å². The van der Waals surface area contributed by atoms with E-state index >= 15 is 0 Å².